The Morgan fingerprint density at radius 3 is 2.22 bits per heavy atom. The number of hydrogen-bond acceptors (Lipinski definition) is 3. The number of aliphatic hydroxyl groups is 1. The number of imide groups is 1. The van der Waals surface area contributed by atoms with Gasteiger partial charge in [-0.05, 0) is 37.5 Å². The van der Waals surface area contributed by atoms with Crippen molar-refractivity contribution in [1.29, 1.82) is 0 Å². The predicted octanol–water partition coefficient (Wildman–Crippen LogP) is 0.956. The number of aliphatic hydroxyl groups excluding tert-OH is 1. The van der Waals surface area contributed by atoms with Gasteiger partial charge in [-0.25, -0.2) is 0 Å². The first-order valence-corrected chi connectivity index (χ1v) is 6.88. The van der Waals surface area contributed by atoms with E-state index in [1.807, 2.05) is 0 Å². The molecule has 1 saturated heterocycles. The molecular formula is C14H19NO3. The zero-order valence-corrected chi connectivity index (χ0v) is 10.4. The fraction of sp³-hybridized carbons (Fsp3) is 0.714. The second kappa shape index (κ2) is 4.50. The van der Waals surface area contributed by atoms with Gasteiger partial charge in [-0.2, -0.15) is 0 Å². The van der Waals surface area contributed by atoms with Gasteiger partial charge in [0.25, 0.3) is 0 Å². The van der Waals surface area contributed by atoms with Gasteiger partial charge in [-0.3, -0.25) is 14.5 Å². The van der Waals surface area contributed by atoms with Crippen LogP contribution < -0.4 is 0 Å². The lowest BCUT2D eigenvalue weighted by Crippen LogP contribution is -2.33. The minimum atomic E-state index is -0.0645. The normalized spacial score (nSPS) is 36.8. The van der Waals surface area contributed by atoms with Crippen LogP contribution in [-0.4, -0.2) is 35.0 Å². The minimum absolute atomic E-state index is 0.0471. The Balaban J connectivity index is 1.65. The summed E-state index contributed by atoms with van der Waals surface area (Å²) in [5.74, 6) is 0.574. The van der Waals surface area contributed by atoms with E-state index in [1.54, 1.807) is 0 Å². The second-order valence-electron chi connectivity index (χ2n) is 5.61. The quantitative estimate of drug-likeness (QED) is 0.448. The van der Waals surface area contributed by atoms with Crippen LogP contribution in [0.5, 0.6) is 0 Å². The number of rotatable bonds is 5. The van der Waals surface area contributed by atoms with Gasteiger partial charge in [-0.1, -0.05) is 12.2 Å². The number of amides is 2. The maximum atomic E-state index is 12.3. The van der Waals surface area contributed by atoms with Crippen LogP contribution >= 0.6 is 0 Å². The molecule has 2 fully saturated rings. The second-order valence-corrected chi connectivity index (χ2v) is 5.61. The molecule has 1 aliphatic heterocycles. The van der Waals surface area contributed by atoms with E-state index < -0.39 is 0 Å². The molecule has 0 spiro atoms. The molecule has 1 heterocycles. The smallest absolute Gasteiger partial charge is 0.233 e. The largest absolute Gasteiger partial charge is 0.396 e. The van der Waals surface area contributed by atoms with Gasteiger partial charge < -0.3 is 5.11 Å². The fourth-order valence-electron chi connectivity index (χ4n) is 3.74. The van der Waals surface area contributed by atoms with Crippen LogP contribution in [-0.2, 0) is 9.59 Å². The summed E-state index contributed by atoms with van der Waals surface area (Å²) in [6, 6.07) is 0. The molecule has 3 aliphatic rings. The summed E-state index contributed by atoms with van der Waals surface area (Å²) >= 11 is 0. The Hall–Kier alpha value is -1.16. The maximum absolute atomic E-state index is 12.3. The number of unbranched alkanes of at least 4 members (excludes halogenated alkanes) is 2. The zero-order valence-electron chi connectivity index (χ0n) is 10.4. The van der Waals surface area contributed by atoms with Gasteiger partial charge in [-0.15, -0.1) is 0 Å². The lowest BCUT2D eigenvalue weighted by molar-refractivity contribution is -0.140. The first-order chi connectivity index (χ1) is 8.74. The Kier molecular flexibility index (Phi) is 2.98. The van der Waals surface area contributed by atoms with Crippen molar-refractivity contribution in [2.75, 3.05) is 13.2 Å². The van der Waals surface area contributed by atoms with Gasteiger partial charge in [0.1, 0.15) is 0 Å². The highest BCUT2D eigenvalue weighted by Crippen LogP contribution is 2.52. The van der Waals surface area contributed by atoms with Crippen molar-refractivity contribution in [3.63, 3.8) is 0 Å². The van der Waals surface area contributed by atoms with E-state index in [0.717, 1.165) is 25.7 Å². The molecule has 2 bridgehead atoms. The summed E-state index contributed by atoms with van der Waals surface area (Å²) < 4.78 is 0. The third-order valence-electron chi connectivity index (χ3n) is 4.60. The van der Waals surface area contributed by atoms with Gasteiger partial charge in [0.05, 0.1) is 11.8 Å². The Bertz CT molecular complexity index is 374. The van der Waals surface area contributed by atoms with E-state index in [0.29, 0.717) is 18.4 Å². The van der Waals surface area contributed by atoms with Gasteiger partial charge in [0, 0.05) is 13.2 Å². The monoisotopic (exact) mass is 249 g/mol. The van der Waals surface area contributed by atoms with E-state index >= 15 is 0 Å². The Morgan fingerprint density at radius 2 is 1.67 bits per heavy atom. The van der Waals surface area contributed by atoms with Crippen molar-refractivity contribution in [2.45, 2.75) is 25.7 Å². The molecule has 0 radical (unpaired) electrons. The molecule has 1 N–H and O–H groups in total. The molecular weight excluding hydrogens is 230 g/mol. The van der Waals surface area contributed by atoms with E-state index in [-0.39, 0.29) is 30.3 Å². The predicted molar refractivity (Wildman–Crippen MR) is 65.4 cm³/mol. The van der Waals surface area contributed by atoms with Crippen LogP contribution in [0.2, 0.25) is 0 Å². The van der Waals surface area contributed by atoms with Crippen molar-refractivity contribution >= 4 is 11.8 Å². The maximum Gasteiger partial charge on any atom is 0.233 e. The van der Waals surface area contributed by atoms with Crippen LogP contribution in [0.15, 0.2) is 12.2 Å². The first kappa shape index (κ1) is 11.9. The van der Waals surface area contributed by atoms with Gasteiger partial charge in [0.2, 0.25) is 11.8 Å². The van der Waals surface area contributed by atoms with Crippen molar-refractivity contribution in [3.05, 3.63) is 12.2 Å². The van der Waals surface area contributed by atoms with E-state index in [9.17, 15) is 9.59 Å². The average molecular weight is 249 g/mol. The van der Waals surface area contributed by atoms with Crippen molar-refractivity contribution < 1.29 is 14.7 Å². The number of hydrogen-bond donors (Lipinski definition) is 1. The molecule has 0 unspecified atom stereocenters. The molecule has 1 saturated carbocycles. The molecule has 0 aromatic heterocycles. The van der Waals surface area contributed by atoms with Crippen LogP contribution in [0.4, 0.5) is 0 Å². The number of carbonyl (C=O) groups excluding carboxylic acids is 2. The first-order valence-electron chi connectivity index (χ1n) is 6.88. The summed E-state index contributed by atoms with van der Waals surface area (Å²) in [6.07, 6.45) is 7.65. The molecule has 0 aromatic carbocycles. The highest BCUT2D eigenvalue weighted by atomic mass is 16.3. The van der Waals surface area contributed by atoms with E-state index in [2.05, 4.69) is 12.2 Å². The molecule has 2 aliphatic carbocycles. The Labute approximate surface area is 107 Å². The zero-order chi connectivity index (χ0) is 12.7. The van der Waals surface area contributed by atoms with Crippen molar-refractivity contribution in [1.82, 2.24) is 4.90 Å². The number of likely N-dealkylation sites (tertiary alicyclic amines) is 1. The lowest BCUT2D eigenvalue weighted by atomic mass is 9.85. The van der Waals surface area contributed by atoms with Gasteiger partial charge in [0.15, 0.2) is 0 Å². The molecule has 2 amide bonds. The van der Waals surface area contributed by atoms with E-state index in [1.165, 1.54) is 4.90 Å². The fourth-order valence-corrected chi connectivity index (χ4v) is 3.74. The average Bonchev–Trinajstić information content (AvgIpc) is 3.02. The van der Waals surface area contributed by atoms with Gasteiger partial charge >= 0.3 is 0 Å². The SMILES string of the molecule is O=C1[C@@H]2[C@H](C(=O)N1CCCCCO)[C@H]1C=C[C@@H]2C1. The molecule has 4 atom stereocenters. The number of carbonyl (C=O) groups is 2. The van der Waals surface area contributed by atoms with Crippen LogP contribution in [0.25, 0.3) is 0 Å². The molecule has 3 rings (SSSR count). The number of nitrogens with zero attached hydrogens (tertiary/aromatic N) is 1. The van der Waals surface area contributed by atoms with Crippen LogP contribution in [0, 0.1) is 23.7 Å². The van der Waals surface area contributed by atoms with Crippen molar-refractivity contribution in [2.24, 2.45) is 23.7 Å². The highest BCUT2D eigenvalue weighted by molar-refractivity contribution is 6.06. The Morgan fingerprint density at radius 1 is 1.06 bits per heavy atom. The van der Waals surface area contributed by atoms with E-state index in [4.69, 9.17) is 5.11 Å². The topological polar surface area (TPSA) is 57.6 Å². The summed E-state index contributed by atoms with van der Waals surface area (Å²) in [4.78, 5) is 26.0. The summed E-state index contributed by atoms with van der Waals surface area (Å²) in [5, 5.41) is 8.72. The molecule has 18 heavy (non-hydrogen) atoms. The molecule has 4 nitrogen and oxygen atoms in total. The molecule has 4 heteroatoms. The van der Waals surface area contributed by atoms with Crippen molar-refractivity contribution in [3.8, 4) is 0 Å². The molecule has 0 aromatic rings. The standard InChI is InChI=1S/C14H19NO3/c16-7-3-1-2-6-15-13(17)11-9-4-5-10(8-9)12(11)14(15)18/h4-5,9-12,16H,1-3,6-8H2/t9-,10+,11+,12-. The summed E-state index contributed by atoms with van der Waals surface area (Å²) in [5.41, 5.74) is 0. The lowest BCUT2D eigenvalue weighted by Gasteiger charge is -2.16. The minimum Gasteiger partial charge on any atom is -0.396 e. The number of fused-ring (bicyclic) bond motifs is 5. The molecule has 98 valence electrons. The third-order valence-corrected chi connectivity index (χ3v) is 4.60. The highest BCUT2D eigenvalue weighted by Gasteiger charge is 2.58. The summed E-state index contributed by atoms with van der Waals surface area (Å²) in [6.45, 7) is 0.714. The van der Waals surface area contributed by atoms with Crippen LogP contribution in [0.1, 0.15) is 25.7 Å². The van der Waals surface area contributed by atoms with Crippen LogP contribution in [0.3, 0.4) is 0 Å². The summed E-state index contributed by atoms with van der Waals surface area (Å²) in [7, 11) is 0. The number of allylic oxidation sites excluding steroid dienone is 2. The third kappa shape index (κ3) is 1.62.